The highest BCUT2D eigenvalue weighted by Gasteiger charge is 1.99. The number of aliphatic hydroxyl groups is 1. The first-order valence-corrected chi connectivity index (χ1v) is 5.62. The van der Waals surface area contributed by atoms with Crippen LogP contribution in [0.4, 0.5) is 0 Å². The predicted molar refractivity (Wildman–Crippen MR) is 42.7 cm³/mol. The van der Waals surface area contributed by atoms with E-state index in [4.69, 9.17) is 10.4 Å². The monoisotopic (exact) mass is 243 g/mol. The molecule has 0 aliphatic carbocycles. The number of aliphatic hydroxyl groups excluding tert-OH is 1. The maximum atomic E-state index is 8.80. The zero-order valence-electron chi connectivity index (χ0n) is 4.17. The summed E-state index contributed by atoms with van der Waals surface area (Å²) in [6.45, 7) is 0. The smallest absolute Gasteiger partial charge is 0.0768 e. The zero-order valence-corrected chi connectivity index (χ0v) is 7.15. The van der Waals surface area contributed by atoms with Crippen LogP contribution in [0, 0.1) is 11.3 Å². The molecule has 0 aromatic heterocycles. The molecule has 0 unspecified atom stereocenters. The summed E-state index contributed by atoms with van der Waals surface area (Å²) in [6, 6.07) is 1.89. The Morgan fingerprint density at radius 3 is 2.88 bits per heavy atom. The van der Waals surface area contributed by atoms with E-state index in [1.807, 2.05) is 6.07 Å². The molecule has 0 saturated carbocycles. The molecule has 0 fully saturated rings. The first-order valence-electron chi connectivity index (χ1n) is 2.09. The van der Waals surface area contributed by atoms with Crippen molar-refractivity contribution in [1.29, 1.82) is 5.26 Å². The number of hydrogen-bond acceptors (Lipinski definition) is 3. The Kier molecular flexibility index (Phi) is 6.04. The predicted octanol–water partition coefficient (Wildman–Crippen LogP) is 1.34. The molecule has 0 rings (SSSR count). The van der Waals surface area contributed by atoms with Crippen LogP contribution in [0.1, 0.15) is 6.42 Å². The molecule has 0 heterocycles. The summed E-state index contributed by atoms with van der Waals surface area (Å²) in [5.74, 6) is 0.647. The van der Waals surface area contributed by atoms with Crippen molar-refractivity contribution in [2.24, 2.45) is 0 Å². The van der Waals surface area contributed by atoms with E-state index in [2.05, 4.69) is 21.2 Å². The van der Waals surface area contributed by atoms with Crippen molar-refractivity contribution < 1.29 is 5.11 Å². The Bertz CT molecular complexity index is 92.5. The molecule has 1 N–H and O–H groups in total. The van der Waals surface area contributed by atoms with E-state index in [1.54, 1.807) is 0 Å². The van der Waals surface area contributed by atoms with Crippen LogP contribution in [0.5, 0.6) is 0 Å². The summed E-state index contributed by atoms with van der Waals surface area (Å²) >= 11 is 2.09. The lowest BCUT2D eigenvalue weighted by Crippen LogP contribution is -2.06. The summed E-state index contributed by atoms with van der Waals surface area (Å²) in [7, 11) is 1.52. The van der Waals surface area contributed by atoms with Crippen LogP contribution < -0.4 is 0 Å². The van der Waals surface area contributed by atoms with Crippen LogP contribution in [0.15, 0.2) is 0 Å². The first kappa shape index (κ1) is 8.53. The maximum absolute atomic E-state index is 8.80. The molecular formula is C4H6INOS. The Morgan fingerprint density at radius 1 is 1.88 bits per heavy atom. The van der Waals surface area contributed by atoms with Crippen molar-refractivity contribution in [3.63, 3.8) is 0 Å². The van der Waals surface area contributed by atoms with E-state index in [0.29, 0.717) is 5.75 Å². The van der Waals surface area contributed by atoms with Gasteiger partial charge in [0.1, 0.15) is 0 Å². The van der Waals surface area contributed by atoms with Gasteiger partial charge in [0.25, 0.3) is 0 Å². The average molecular weight is 243 g/mol. The Balaban J connectivity index is 3.08. The summed E-state index contributed by atoms with van der Waals surface area (Å²) in [6.07, 6.45) is -0.197. The fraction of sp³-hybridized carbons (Fsp3) is 0.750. The van der Waals surface area contributed by atoms with Gasteiger partial charge in [-0.15, -0.1) is 0 Å². The third kappa shape index (κ3) is 4.68. The summed E-state index contributed by atoms with van der Waals surface area (Å²) < 4.78 is 0. The van der Waals surface area contributed by atoms with Crippen molar-refractivity contribution in [3.8, 4) is 6.07 Å². The van der Waals surface area contributed by atoms with Crippen LogP contribution in [0.2, 0.25) is 0 Å². The molecule has 1 atom stereocenters. The van der Waals surface area contributed by atoms with Crippen LogP contribution in [-0.2, 0) is 0 Å². The minimum atomic E-state index is -0.443. The van der Waals surface area contributed by atoms with Gasteiger partial charge >= 0.3 is 0 Å². The third-order valence-electron chi connectivity index (χ3n) is 0.582. The molecule has 8 heavy (non-hydrogen) atoms. The van der Waals surface area contributed by atoms with E-state index in [-0.39, 0.29) is 6.42 Å². The van der Waals surface area contributed by atoms with Gasteiger partial charge in [0, 0.05) is 5.75 Å². The van der Waals surface area contributed by atoms with E-state index in [1.165, 1.54) is 8.93 Å². The first-order chi connectivity index (χ1) is 3.81. The summed E-state index contributed by atoms with van der Waals surface area (Å²) in [4.78, 5) is 0. The molecule has 0 bridgehead atoms. The van der Waals surface area contributed by atoms with Crippen LogP contribution in [0.3, 0.4) is 0 Å². The minimum absolute atomic E-state index is 0.246. The lowest BCUT2D eigenvalue weighted by Gasteiger charge is -1.98. The second-order valence-electron chi connectivity index (χ2n) is 1.29. The van der Waals surface area contributed by atoms with Gasteiger partial charge < -0.3 is 5.11 Å². The second-order valence-corrected chi connectivity index (χ2v) is 3.71. The van der Waals surface area contributed by atoms with Gasteiger partial charge in [0.2, 0.25) is 0 Å². The van der Waals surface area contributed by atoms with E-state index < -0.39 is 6.10 Å². The largest absolute Gasteiger partial charge is 0.391 e. The van der Waals surface area contributed by atoms with Crippen molar-refractivity contribution in [2.45, 2.75) is 12.5 Å². The molecule has 0 aliphatic heterocycles. The number of nitriles is 1. The number of halogens is 1. The highest BCUT2D eigenvalue weighted by atomic mass is 127. The number of rotatable bonds is 3. The molecule has 0 aliphatic rings. The fourth-order valence-electron chi connectivity index (χ4n) is 0.237. The molecule has 0 aromatic rings. The standard InChI is InChI=1S/C4H6INOS/c5-8-3-4(7)1-2-6/h4,7H,1,3H2/t4-/m0/s1. The quantitative estimate of drug-likeness (QED) is 0.761. The zero-order chi connectivity index (χ0) is 6.41. The van der Waals surface area contributed by atoms with Crippen molar-refractivity contribution in [1.82, 2.24) is 0 Å². The summed E-state index contributed by atoms with van der Waals surface area (Å²) in [5.41, 5.74) is 0. The molecule has 0 radical (unpaired) electrons. The SMILES string of the molecule is N#CC[C@H](O)CSI. The minimum Gasteiger partial charge on any atom is -0.391 e. The van der Waals surface area contributed by atoms with E-state index >= 15 is 0 Å². The third-order valence-corrected chi connectivity index (χ3v) is 2.17. The highest BCUT2D eigenvalue weighted by molar-refractivity contribution is 14.2. The highest BCUT2D eigenvalue weighted by Crippen LogP contribution is 2.12. The second kappa shape index (κ2) is 5.66. The lowest BCUT2D eigenvalue weighted by molar-refractivity contribution is 0.205. The molecule has 46 valence electrons. The van der Waals surface area contributed by atoms with Crippen LogP contribution >= 0.6 is 30.1 Å². The Hall–Kier alpha value is 0.530. The molecular weight excluding hydrogens is 237 g/mol. The van der Waals surface area contributed by atoms with Gasteiger partial charge in [-0.25, -0.2) is 0 Å². The van der Waals surface area contributed by atoms with Gasteiger partial charge in [-0.05, 0) is 21.2 Å². The van der Waals surface area contributed by atoms with Crippen molar-refractivity contribution >= 4 is 30.1 Å². The van der Waals surface area contributed by atoms with Crippen molar-refractivity contribution in [2.75, 3.05) is 5.75 Å². The Morgan fingerprint density at radius 2 is 2.50 bits per heavy atom. The van der Waals surface area contributed by atoms with Gasteiger partial charge in [-0.3, -0.25) is 0 Å². The molecule has 2 nitrogen and oxygen atoms in total. The van der Waals surface area contributed by atoms with Gasteiger partial charge in [0.05, 0.1) is 18.6 Å². The number of nitrogens with zero attached hydrogens (tertiary/aromatic N) is 1. The van der Waals surface area contributed by atoms with Crippen LogP contribution in [0.25, 0.3) is 0 Å². The van der Waals surface area contributed by atoms with Gasteiger partial charge in [-0.1, -0.05) is 8.93 Å². The normalized spacial score (nSPS) is 12.6. The average Bonchev–Trinajstić information content (AvgIpc) is 1.68. The molecule has 0 aromatic carbocycles. The van der Waals surface area contributed by atoms with Crippen molar-refractivity contribution in [3.05, 3.63) is 0 Å². The molecule has 4 heteroatoms. The van der Waals surface area contributed by atoms with Gasteiger partial charge in [0.15, 0.2) is 0 Å². The van der Waals surface area contributed by atoms with E-state index in [0.717, 1.165) is 0 Å². The molecule has 0 amide bonds. The maximum Gasteiger partial charge on any atom is 0.0768 e. The topological polar surface area (TPSA) is 44.0 Å². The van der Waals surface area contributed by atoms with E-state index in [9.17, 15) is 0 Å². The fourth-order valence-corrected chi connectivity index (χ4v) is 1.75. The Labute approximate surface area is 64.9 Å². The molecule has 0 spiro atoms. The lowest BCUT2D eigenvalue weighted by atomic mass is 10.3. The number of hydrogen-bond donors (Lipinski definition) is 1. The van der Waals surface area contributed by atoms with Crippen LogP contribution in [-0.4, -0.2) is 17.0 Å². The molecule has 0 saturated heterocycles. The van der Waals surface area contributed by atoms with Gasteiger partial charge in [-0.2, -0.15) is 5.26 Å². The summed E-state index contributed by atoms with van der Waals surface area (Å²) in [5, 5.41) is 16.8.